The minimum absolute atomic E-state index is 0. The second-order valence-corrected chi connectivity index (χ2v) is 23.0. The summed E-state index contributed by atoms with van der Waals surface area (Å²) in [6.07, 6.45) is 2.02. The standard InChI is InChI=1S/C37H32N3O.C19H20NOSi.Ir/c1-22(2)30-20-26(25-12-7-6-8-13-25)21-31(23(3)4)34(30)40-33-17-10-9-16-32(33)39-36(40)29-15-11-14-27-28-19-18-24(5)38-37(28)41-35(27)29;1-14-10-11-18(21-14)16-12-17(15-8-6-5-7-9-15)20-13-19(16)22(2,3)4;/h6-14,16-23H,1-5H3;5-8,10-13H,1-4H3;/q2*-1;. The van der Waals surface area contributed by atoms with Gasteiger partial charge in [0.2, 0.25) is 5.71 Å². The van der Waals surface area contributed by atoms with Gasteiger partial charge in [0.25, 0.3) is 0 Å². The van der Waals surface area contributed by atoms with Crippen LogP contribution < -0.4 is 5.19 Å². The van der Waals surface area contributed by atoms with Gasteiger partial charge in [-0.15, -0.1) is 54.1 Å². The van der Waals surface area contributed by atoms with Crippen LogP contribution in [0.3, 0.4) is 0 Å². The molecule has 0 amide bonds. The summed E-state index contributed by atoms with van der Waals surface area (Å²) in [5.41, 5.74) is 14.5. The molecule has 10 aromatic rings. The van der Waals surface area contributed by atoms with E-state index < -0.39 is 8.07 Å². The van der Waals surface area contributed by atoms with Crippen molar-refractivity contribution >= 4 is 46.4 Å². The van der Waals surface area contributed by atoms with Crippen LogP contribution in [0.4, 0.5) is 0 Å². The van der Waals surface area contributed by atoms with Gasteiger partial charge in [-0.05, 0) is 107 Å². The molecule has 0 saturated carbocycles. The van der Waals surface area contributed by atoms with Gasteiger partial charge in [0, 0.05) is 48.6 Å². The molecule has 0 spiro atoms. The fraction of sp³-hybridized carbons (Fsp3) is 0.196. The molecular weight excluding hydrogens is 981 g/mol. The molecule has 0 saturated heterocycles. The largest absolute Gasteiger partial charge is 0.486 e. The van der Waals surface area contributed by atoms with Crippen LogP contribution in [-0.4, -0.2) is 27.6 Å². The summed E-state index contributed by atoms with van der Waals surface area (Å²) in [4.78, 5) is 14.6. The number of hydrogen-bond donors (Lipinski definition) is 0. The van der Waals surface area contributed by atoms with E-state index in [9.17, 15) is 0 Å². The first-order valence-electron chi connectivity index (χ1n) is 21.8. The third kappa shape index (κ3) is 8.58. The predicted molar refractivity (Wildman–Crippen MR) is 263 cm³/mol. The number of rotatable bonds is 8. The monoisotopic (exact) mass is 1030 g/mol. The summed E-state index contributed by atoms with van der Waals surface area (Å²) in [5.74, 6) is 3.26. The Morgan fingerprint density at radius 1 is 0.656 bits per heavy atom. The van der Waals surface area contributed by atoms with Crippen LogP contribution in [0.5, 0.6) is 0 Å². The Kier molecular flexibility index (Phi) is 12.6. The van der Waals surface area contributed by atoms with E-state index in [1.165, 1.54) is 33.1 Å². The summed E-state index contributed by atoms with van der Waals surface area (Å²) in [5, 5.41) is 3.34. The molecule has 0 atom stereocenters. The first-order valence-corrected chi connectivity index (χ1v) is 25.3. The zero-order valence-electron chi connectivity index (χ0n) is 37.9. The molecule has 5 aromatic heterocycles. The number of hydrogen-bond acceptors (Lipinski definition) is 5. The van der Waals surface area contributed by atoms with Crippen molar-refractivity contribution < 1.29 is 28.9 Å². The maximum Gasteiger partial charge on any atom is 0.216 e. The second-order valence-electron chi connectivity index (χ2n) is 18.0. The van der Waals surface area contributed by atoms with Crippen molar-refractivity contribution in [2.24, 2.45) is 0 Å². The summed E-state index contributed by atoms with van der Waals surface area (Å²) >= 11 is 0. The minimum atomic E-state index is -1.51. The molecule has 0 fully saturated rings. The number of aryl methyl sites for hydroxylation is 2. The average molecular weight is 1030 g/mol. The topological polar surface area (TPSA) is 69.9 Å². The van der Waals surface area contributed by atoms with Gasteiger partial charge in [-0.3, -0.25) is 4.98 Å². The maximum atomic E-state index is 6.44. The number of imidazole rings is 1. The number of pyridine rings is 2. The molecule has 8 heteroatoms. The molecule has 0 aliphatic rings. The summed E-state index contributed by atoms with van der Waals surface area (Å²) in [7, 11) is -1.51. The summed E-state index contributed by atoms with van der Waals surface area (Å²) in [6.45, 7) is 20.1. The van der Waals surface area contributed by atoms with Crippen LogP contribution in [0.15, 0.2) is 148 Å². The molecule has 64 heavy (non-hydrogen) atoms. The Balaban J connectivity index is 0.000000206. The summed E-state index contributed by atoms with van der Waals surface area (Å²) in [6, 6.07) is 52.8. The zero-order valence-corrected chi connectivity index (χ0v) is 41.3. The molecule has 0 unspecified atom stereocenters. The molecule has 1 radical (unpaired) electrons. The predicted octanol–water partition coefficient (Wildman–Crippen LogP) is 14.7. The number of fused-ring (bicyclic) bond motifs is 4. The first kappa shape index (κ1) is 44.4. The van der Waals surface area contributed by atoms with Crippen LogP contribution in [0.1, 0.15) is 62.1 Å². The third-order valence-electron chi connectivity index (χ3n) is 11.7. The molecular formula is C56H52IrN4O2Si-2. The van der Waals surface area contributed by atoms with Gasteiger partial charge in [-0.25, -0.2) is 4.98 Å². The number of benzene rings is 5. The van der Waals surface area contributed by atoms with Crippen molar-refractivity contribution in [2.45, 2.75) is 73.0 Å². The molecule has 0 N–H and O–H groups in total. The molecule has 5 heterocycles. The van der Waals surface area contributed by atoms with Crippen molar-refractivity contribution in [2.75, 3.05) is 0 Å². The molecule has 10 rings (SSSR count). The molecule has 0 aliphatic carbocycles. The van der Waals surface area contributed by atoms with E-state index in [0.29, 0.717) is 17.5 Å². The average Bonchev–Trinajstić information content (AvgIpc) is 4.00. The first-order chi connectivity index (χ1) is 30.4. The van der Waals surface area contributed by atoms with Crippen molar-refractivity contribution in [3.8, 4) is 50.8 Å². The quantitative estimate of drug-likeness (QED) is 0.112. The van der Waals surface area contributed by atoms with Crippen LogP contribution in [-0.2, 0) is 20.1 Å². The number of nitrogens with zero attached hydrogens (tertiary/aromatic N) is 4. The third-order valence-corrected chi connectivity index (χ3v) is 13.7. The SMILES string of the molecule is Cc1ccc(-c2cc(-c3[c-]cccc3)ncc2[Si](C)(C)C)o1.Cc1ccc2c(n1)oc1c(-c3nc4ccccc4n3-c3c(C(C)C)cc(-c4ccccc4)cc3C(C)C)[c-]ccc12.[Ir]. The fourth-order valence-electron chi connectivity index (χ4n) is 8.45. The molecule has 0 aliphatic heterocycles. The minimum Gasteiger partial charge on any atom is -0.486 e. The normalized spacial score (nSPS) is 11.7. The smallest absolute Gasteiger partial charge is 0.216 e. The molecule has 323 valence electrons. The van der Waals surface area contributed by atoms with Crippen LogP contribution in [0.25, 0.3) is 83.9 Å². The van der Waals surface area contributed by atoms with Gasteiger partial charge in [0.1, 0.15) is 11.5 Å². The van der Waals surface area contributed by atoms with E-state index in [-0.39, 0.29) is 20.1 Å². The van der Waals surface area contributed by atoms with Crippen LogP contribution >= 0.6 is 0 Å². The van der Waals surface area contributed by atoms with Gasteiger partial charge in [-0.1, -0.05) is 107 Å². The van der Waals surface area contributed by atoms with Gasteiger partial charge in [0.15, 0.2) is 0 Å². The number of para-hydroxylation sites is 2. The van der Waals surface area contributed by atoms with E-state index in [1.807, 2.05) is 74.6 Å². The Bertz CT molecular complexity index is 3220. The number of furan rings is 2. The van der Waals surface area contributed by atoms with E-state index >= 15 is 0 Å². The van der Waals surface area contributed by atoms with Crippen LogP contribution in [0.2, 0.25) is 19.6 Å². The Labute approximate surface area is 390 Å². The van der Waals surface area contributed by atoms with Crippen molar-refractivity contribution in [3.05, 3.63) is 174 Å². The fourth-order valence-corrected chi connectivity index (χ4v) is 9.91. The molecule has 6 nitrogen and oxygen atoms in total. The number of aromatic nitrogens is 4. The Morgan fingerprint density at radius 2 is 1.38 bits per heavy atom. The van der Waals surface area contributed by atoms with E-state index in [1.54, 1.807) is 0 Å². The van der Waals surface area contributed by atoms with E-state index in [2.05, 4.69) is 153 Å². The van der Waals surface area contributed by atoms with Gasteiger partial charge < -0.3 is 18.4 Å². The van der Waals surface area contributed by atoms with E-state index in [0.717, 1.165) is 72.8 Å². The molecule has 0 bridgehead atoms. The maximum absolute atomic E-state index is 6.44. The second kappa shape index (κ2) is 18.1. The van der Waals surface area contributed by atoms with Crippen molar-refractivity contribution in [3.63, 3.8) is 0 Å². The Morgan fingerprint density at radius 3 is 2.05 bits per heavy atom. The zero-order chi connectivity index (χ0) is 44.0. The van der Waals surface area contributed by atoms with E-state index in [4.69, 9.17) is 13.8 Å². The Hall–Kier alpha value is -6.18. The molecule has 5 aromatic carbocycles. The van der Waals surface area contributed by atoms with Crippen molar-refractivity contribution in [1.29, 1.82) is 0 Å². The van der Waals surface area contributed by atoms with Gasteiger partial charge >= 0.3 is 0 Å². The van der Waals surface area contributed by atoms with Gasteiger partial charge in [-0.2, -0.15) is 0 Å². The summed E-state index contributed by atoms with van der Waals surface area (Å²) < 4.78 is 14.7. The van der Waals surface area contributed by atoms with Crippen LogP contribution in [0, 0.1) is 26.0 Å². The van der Waals surface area contributed by atoms with Gasteiger partial charge in [0.05, 0.1) is 30.5 Å². The van der Waals surface area contributed by atoms with Crippen molar-refractivity contribution in [1.82, 2.24) is 19.5 Å².